The van der Waals surface area contributed by atoms with Crippen molar-refractivity contribution >= 4 is 28.5 Å². The van der Waals surface area contributed by atoms with Gasteiger partial charge in [-0.05, 0) is 53.6 Å². The Labute approximate surface area is 114 Å². The Morgan fingerprint density at radius 1 is 1.53 bits per heavy atom. The predicted octanol–water partition coefficient (Wildman–Crippen LogP) is 2.18. The number of hydrogen-bond donors (Lipinski definition) is 2. The van der Waals surface area contributed by atoms with Crippen molar-refractivity contribution in [3.63, 3.8) is 0 Å². The molecule has 17 heavy (non-hydrogen) atoms. The number of amides is 1. The van der Waals surface area contributed by atoms with Crippen LogP contribution in [0.5, 0.6) is 0 Å². The van der Waals surface area contributed by atoms with Crippen molar-refractivity contribution in [3.8, 4) is 0 Å². The molecule has 0 aromatic heterocycles. The standard InChI is InChI=1S/C12H15FINO2/c1-7(6-16)8(2)15-12(17)10-4-3-9(13)5-11(10)14/h3-5,7-8,16H,6H2,1-2H3,(H,15,17). The van der Waals surface area contributed by atoms with E-state index in [4.69, 9.17) is 5.11 Å². The number of carbonyl (C=O) groups excluding carboxylic acids is 1. The molecule has 0 aliphatic heterocycles. The topological polar surface area (TPSA) is 49.3 Å². The van der Waals surface area contributed by atoms with E-state index in [1.807, 2.05) is 36.4 Å². The molecule has 0 fully saturated rings. The first-order valence-corrected chi connectivity index (χ1v) is 6.40. The zero-order chi connectivity index (χ0) is 13.0. The van der Waals surface area contributed by atoms with Gasteiger partial charge in [0.1, 0.15) is 5.82 Å². The molecule has 3 nitrogen and oxygen atoms in total. The third kappa shape index (κ3) is 3.92. The number of halogens is 2. The first kappa shape index (κ1) is 14.4. The first-order valence-electron chi connectivity index (χ1n) is 5.32. The molecular weight excluding hydrogens is 336 g/mol. The summed E-state index contributed by atoms with van der Waals surface area (Å²) >= 11 is 1.92. The van der Waals surface area contributed by atoms with Gasteiger partial charge in [0.25, 0.3) is 5.91 Å². The van der Waals surface area contributed by atoms with Gasteiger partial charge < -0.3 is 10.4 Å². The molecule has 2 atom stereocenters. The highest BCUT2D eigenvalue weighted by molar-refractivity contribution is 14.1. The van der Waals surface area contributed by atoms with Gasteiger partial charge in [0.15, 0.2) is 0 Å². The Kier molecular flexibility index (Phi) is 5.32. The summed E-state index contributed by atoms with van der Waals surface area (Å²) in [5.74, 6) is -0.623. The second kappa shape index (κ2) is 6.30. The summed E-state index contributed by atoms with van der Waals surface area (Å²) in [7, 11) is 0. The average molecular weight is 351 g/mol. The van der Waals surface area contributed by atoms with Gasteiger partial charge in [-0.1, -0.05) is 6.92 Å². The molecule has 0 heterocycles. The zero-order valence-corrected chi connectivity index (χ0v) is 11.9. The number of aliphatic hydroxyl groups is 1. The smallest absolute Gasteiger partial charge is 0.252 e. The van der Waals surface area contributed by atoms with Crippen LogP contribution < -0.4 is 5.32 Å². The molecule has 0 saturated carbocycles. The van der Waals surface area contributed by atoms with E-state index in [-0.39, 0.29) is 30.3 Å². The maximum atomic E-state index is 12.9. The molecule has 2 unspecified atom stereocenters. The Morgan fingerprint density at radius 2 is 2.18 bits per heavy atom. The van der Waals surface area contributed by atoms with Crippen molar-refractivity contribution in [1.82, 2.24) is 5.32 Å². The van der Waals surface area contributed by atoms with Gasteiger partial charge in [0, 0.05) is 16.2 Å². The molecule has 0 aliphatic carbocycles. The van der Waals surface area contributed by atoms with E-state index >= 15 is 0 Å². The second-order valence-corrected chi connectivity index (χ2v) is 5.21. The Morgan fingerprint density at radius 3 is 2.71 bits per heavy atom. The number of benzene rings is 1. The third-order valence-electron chi connectivity index (χ3n) is 2.68. The molecule has 0 bridgehead atoms. The minimum absolute atomic E-state index is 0.0158. The van der Waals surface area contributed by atoms with Gasteiger partial charge in [0.2, 0.25) is 0 Å². The van der Waals surface area contributed by atoms with E-state index in [1.165, 1.54) is 18.2 Å². The van der Waals surface area contributed by atoms with Crippen LogP contribution >= 0.6 is 22.6 Å². The van der Waals surface area contributed by atoms with Gasteiger partial charge in [-0.3, -0.25) is 4.79 Å². The Hall–Kier alpha value is -0.690. The summed E-state index contributed by atoms with van der Waals surface area (Å²) in [4.78, 5) is 11.9. The van der Waals surface area contributed by atoms with E-state index in [9.17, 15) is 9.18 Å². The molecule has 0 spiro atoms. The first-order chi connectivity index (χ1) is 7.95. The van der Waals surface area contributed by atoms with Crippen molar-refractivity contribution in [2.24, 2.45) is 5.92 Å². The van der Waals surface area contributed by atoms with Crippen LogP contribution in [0.2, 0.25) is 0 Å². The van der Waals surface area contributed by atoms with E-state index in [0.29, 0.717) is 9.13 Å². The van der Waals surface area contributed by atoms with Crippen molar-refractivity contribution in [3.05, 3.63) is 33.1 Å². The maximum Gasteiger partial charge on any atom is 0.252 e. The lowest BCUT2D eigenvalue weighted by Gasteiger charge is -2.19. The fourth-order valence-corrected chi connectivity index (χ4v) is 1.98. The molecule has 2 N–H and O–H groups in total. The minimum atomic E-state index is -0.359. The average Bonchev–Trinajstić information content (AvgIpc) is 2.27. The van der Waals surface area contributed by atoms with E-state index in [1.54, 1.807) is 0 Å². The lowest BCUT2D eigenvalue weighted by molar-refractivity contribution is 0.0915. The number of rotatable bonds is 4. The van der Waals surface area contributed by atoms with Crippen LogP contribution in [0.4, 0.5) is 4.39 Å². The molecule has 0 radical (unpaired) electrons. The van der Waals surface area contributed by atoms with Gasteiger partial charge in [-0.25, -0.2) is 4.39 Å². The fourth-order valence-electron chi connectivity index (χ4n) is 1.26. The number of aliphatic hydroxyl groups excluding tert-OH is 1. The van der Waals surface area contributed by atoms with E-state index in [0.717, 1.165) is 0 Å². The molecule has 0 aliphatic rings. The summed E-state index contributed by atoms with van der Waals surface area (Å²) in [6.45, 7) is 3.69. The van der Waals surface area contributed by atoms with Crippen molar-refractivity contribution in [1.29, 1.82) is 0 Å². The maximum absolute atomic E-state index is 12.9. The normalized spacial score (nSPS) is 14.2. The van der Waals surface area contributed by atoms with Gasteiger partial charge in [-0.15, -0.1) is 0 Å². The summed E-state index contributed by atoms with van der Waals surface area (Å²) < 4.78 is 13.5. The van der Waals surface area contributed by atoms with Crippen LogP contribution in [-0.2, 0) is 0 Å². The van der Waals surface area contributed by atoms with Gasteiger partial charge in [-0.2, -0.15) is 0 Å². The van der Waals surface area contributed by atoms with Gasteiger partial charge >= 0.3 is 0 Å². The summed E-state index contributed by atoms with van der Waals surface area (Å²) in [6, 6.07) is 3.91. The van der Waals surface area contributed by atoms with Crippen LogP contribution in [0.3, 0.4) is 0 Å². The molecule has 1 aromatic rings. The summed E-state index contributed by atoms with van der Waals surface area (Å²) in [5.41, 5.74) is 0.448. The molecule has 94 valence electrons. The lowest BCUT2D eigenvalue weighted by atomic mass is 10.0. The van der Waals surface area contributed by atoms with Crippen LogP contribution in [0.1, 0.15) is 24.2 Å². The highest BCUT2D eigenvalue weighted by atomic mass is 127. The van der Waals surface area contributed by atoms with Crippen molar-refractivity contribution in [2.75, 3.05) is 6.61 Å². The molecule has 5 heteroatoms. The highest BCUT2D eigenvalue weighted by Crippen LogP contribution is 2.14. The summed E-state index contributed by atoms with van der Waals surface area (Å²) in [6.07, 6.45) is 0. The van der Waals surface area contributed by atoms with Crippen LogP contribution in [0, 0.1) is 15.3 Å². The van der Waals surface area contributed by atoms with Crippen LogP contribution in [-0.4, -0.2) is 23.7 Å². The summed E-state index contributed by atoms with van der Waals surface area (Å²) in [5, 5.41) is 11.8. The predicted molar refractivity (Wildman–Crippen MR) is 72.3 cm³/mol. The van der Waals surface area contributed by atoms with Gasteiger partial charge in [0.05, 0.1) is 5.56 Å². The lowest BCUT2D eigenvalue weighted by Crippen LogP contribution is -2.38. The van der Waals surface area contributed by atoms with Crippen LogP contribution in [0.15, 0.2) is 18.2 Å². The Balaban J connectivity index is 2.76. The van der Waals surface area contributed by atoms with Crippen LogP contribution in [0.25, 0.3) is 0 Å². The fraction of sp³-hybridized carbons (Fsp3) is 0.417. The molecule has 1 rings (SSSR count). The monoisotopic (exact) mass is 351 g/mol. The highest BCUT2D eigenvalue weighted by Gasteiger charge is 2.16. The zero-order valence-electron chi connectivity index (χ0n) is 9.71. The van der Waals surface area contributed by atoms with Crippen molar-refractivity contribution < 1.29 is 14.3 Å². The van der Waals surface area contributed by atoms with E-state index < -0.39 is 0 Å². The number of carbonyl (C=O) groups is 1. The molecule has 0 saturated heterocycles. The second-order valence-electron chi connectivity index (χ2n) is 4.05. The van der Waals surface area contributed by atoms with Crippen molar-refractivity contribution in [2.45, 2.75) is 19.9 Å². The molecular formula is C12H15FINO2. The number of nitrogens with one attached hydrogen (secondary N) is 1. The van der Waals surface area contributed by atoms with E-state index in [2.05, 4.69) is 5.32 Å². The molecule has 1 aromatic carbocycles. The third-order valence-corrected chi connectivity index (χ3v) is 3.57. The molecule has 1 amide bonds. The SMILES string of the molecule is CC(CO)C(C)NC(=O)c1ccc(F)cc1I. The minimum Gasteiger partial charge on any atom is -0.396 e. The Bertz CT molecular complexity index is 411. The number of hydrogen-bond acceptors (Lipinski definition) is 2. The largest absolute Gasteiger partial charge is 0.396 e. The quantitative estimate of drug-likeness (QED) is 0.817.